The number of rotatable bonds is 4. The van der Waals surface area contributed by atoms with Crippen LogP contribution >= 0.6 is 0 Å². The summed E-state index contributed by atoms with van der Waals surface area (Å²) in [5.74, 6) is -0.104. The van der Waals surface area contributed by atoms with Crippen molar-refractivity contribution < 1.29 is 9.90 Å². The normalized spacial score (nSPS) is 13.4. The van der Waals surface area contributed by atoms with Gasteiger partial charge < -0.3 is 10.4 Å². The van der Waals surface area contributed by atoms with Gasteiger partial charge in [0.2, 0.25) is 5.91 Å². The van der Waals surface area contributed by atoms with Crippen LogP contribution in [0, 0.1) is 0 Å². The molecule has 2 N–H and O–H groups in total. The van der Waals surface area contributed by atoms with Crippen LogP contribution in [0.3, 0.4) is 0 Å². The molecule has 1 atom stereocenters. The molecule has 0 saturated heterocycles. The third-order valence-electron chi connectivity index (χ3n) is 1.18. The number of carbonyl (C=O) groups excluding carboxylic acids is 1. The molecular formula is C8H15NO2. The molecule has 0 bridgehead atoms. The maximum atomic E-state index is 10.7. The van der Waals surface area contributed by atoms with Gasteiger partial charge in [0.15, 0.2) is 0 Å². The lowest BCUT2D eigenvalue weighted by Crippen LogP contribution is -2.24. The average molecular weight is 157 g/mol. The van der Waals surface area contributed by atoms with E-state index in [-0.39, 0.29) is 12.0 Å². The van der Waals surface area contributed by atoms with E-state index in [1.165, 1.54) is 6.08 Å². The van der Waals surface area contributed by atoms with Gasteiger partial charge in [0.1, 0.15) is 0 Å². The summed E-state index contributed by atoms with van der Waals surface area (Å²) >= 11 is 0. The maximum absolute atomic E-state index is 10.7. The molecule has 0 spiro atoms. The van der Waals surface area contributed by atoms with E-state index in [0.29, 0.717) is 13.0 Å². The van der Waals surface area contributed by atoms with Crippen LogP contribution in [-0.2, 0) is 4.79 Å². The van der Waals surface area contributed by atoms with Crippen LogP contribution < -0.4 is 5.32 Å². The predicted octanol–water partition coefficient (Wildman–Crippen LogP) is 0.450. The number of nitrogens with one attached hydrogen (secondary N) is 1. The Balaban J connectivity index is 3.32. The molecule has 64 valence electrons. The Morgan fingerprint density at radius 2 is 2.36 bits per heavy atom. The molecule has 0 aromatic rings. The second-order valence-electron chi connectivity index (χ2n) is 2.43. The lowest BCUT2D eigenvalue weighted by atomic mass is 10.3. The Morgan fingerprint density at radius 1 is 1.73 bits per heavy atom. The monoisotopic (exact) mass is 157 g/mol. The summed E-state index contributed by atoms with van der Waals surface area (Å²) < 4.78 is 0. The quantitative estimate of drug-likeness (QED) is 0.582. The van der Waals surface area contributed by atoms with Crippen molar-refractivity contribution in [2.45, 2.75) is 26.4 Å². The first-order chi connectivity index (χ1) is 5.16. The van der Waals surface area contributed by atoms with Gasteiger partial charge in [0.25, 0.3) is 0 Å². The van der Waals surface area contributed by atoms with Gasteiger partial charge in [-0.25, -0.2) is 0 Å². The van der Waals surface area contributed by atoms with Crippen molar-refractivity contribution in [1.29, 1.82) is 0 Å². The van der Waals surface area contributed by atoms with Crippen LogP contribution in [0.4, 0.5) is 0 Å². The van der Waals surface area contributed by atoms with Crippen molar-refractivity contribution in [2.75, 3.05) is 6.54 Å². The molecule has 0 saturated carbocycles. The standard InChI is InChI=1S/C8H15NO2/c1-3-4-8(11)9-6-5-7(2)10/h3-4,7,10H,5-6H2,1-2H3,(H,9,11). The number of aliphatic hydroxyl groups is 1. The van der Waals surface area contributed by atoms with E-state index in [2.05, 4.69) is 5.32 Å². The molecule has 0 aliphatic carbocycles. The highest BCUT2D eigenvalue weighted by Gasteiger charge is 1.96. The zero-order chi connectivity index (χ0) is 8.69. The lowest BCUT2D eigenvalue weighted by Gasteiger charge is -2.03. The summed E-state index contributed by atoms with van der Waals surface area (Å²) in [6.07, 6.45) is 3.39. The summed E-state index contributed by atoms with van der Waals surface area (Å²) in [6.45, 7) is 4.01. The second kappa shape index (κ2) is 5.92. The first-order valence-corrected chi connectivity index (χ1v) is 3.75. The zero-order valence-corrected chi connectivity index (χ0v) is 7.00. The Bertz CT molecular complexity index is 141. The van der Waals surface area contributed by atoms with Gasteiger partial charge in [0, 0.05) is 6.54 Å². The van der Waals surface area contributed by atoms with Crippen LogP contribution in [0.1, 0.15) is 20.3 Å². The topological polar surface area (TPSA) is 49.3 Å². The summed E-state index contributed by atoms with van der Waals surface area (Å²) in [6, 6.07) is 0. The Hall–Kier alpha value is -0.830. The molecule has 11 heavy (non-hydrogen) atoms. The summed E-state index contributed by atoms with van der Waals surface area (Å²) in [5, 5.41) is 11.5. The minimum absolute atomic E-state index is 0.104. The van der Waals surface area contributed by atoms with Gasteiger partial charge in [-0.2, -0.15) is 0 Å². The van der Waals surface area contributed by atoms with Crippen molar-refractivity contribution in [3.63, 3.8) is 0 Å². The fourth-order valence-corrected chi connectivity index (χ4v) is 0.615. The Labute approximate surface area is 67.1 Å². The van der Waals surface area contributed by atoms with Crippen molar-refractivity contribution >= 4 is 5.91 Å². The first kappa shape index (κ1) is 10.2. The Kier molecular flexibility index (Phi) is 5.47. The molecule has 0 aromatic carbocycles. The minimum Gasteiger partial charge on any atom is -0.393 e. The predicted molar refractivity (Wildman–Crippen MR) is 44.1 cm³/mol. The summed E-state index contributed by atoms with van der Waals surface area (Å²) in [7, 11) is 0. The molecule has 1 unspecified atom stereocenters. The Morgan fingerprint density at radius 3 is 2.82 bits per heavy atom. The molecule has 0 heterocycles. The SMILES string of the molecule is CC=CC(=O)NCCC(C)O. The average Bonchev–Trinajstić information content (AvgIpc) is 1.87. The fraction of sp³-hybridized carbons (Fsp3) is 0.625. The first-order valence-electron chi connectivity index (χ1n) is 3.75. The van der Waals surface area contributed by atoms with Gasteiger partial charge in [-0.1, -0.05) is 6.08 Å². The van der Waals surface area contributed by atoms with Crippen LogP contribution in [0.25, 0.3) is 0 Å². The van der Waals surface area contributed by atoms with Gasteiger partial charge in [-0.05, 0) is 26.3 Å². The van der Waals surface area contributed by atoms with E-state index < -0.39 is 0 Å². The van der Waals surface area contributed by atoms with E-state index in [1.807, 2.05) is 0 Å². The number of amides is 1. The molecule has 0 aliphatic rings. The summed E-state index contributed by atoms with van der Waals surface area (Å²) in [5.41, 5.74) is 0. The van der Waals surface area contributed by atoms with E-state index in [1.54, 1.807) is 19.9 Å². The molecule has 0 fully saturated rings. The van der Waals surface area contributed by atoms with Crippen LogP contribution in [0.5, 0.6) is 0 Å². The molecule has 0 rings (SSSR count). The van der Waals surface area contributed by atoms with Gasteiger partial charge in [0.05, 0.1) is 6.10 Å². The second-order valence-corrected chi connectivity index (χ2v) is 2.43. The molecule has 0 radical (unpaired) electrons. The third kappa shape index (κ3) is 7.06. The van der Waals surface area contributed by atoms with Crippen molar-refractivity contribution in [3.05, 3.63) is 12.2 Å². The van der Waals surface area contributed by atoms with Crippen LogP contribution in [0.2, 0.25) is 0 Å². The molecule has 1 amide bonds. The highest BCUT2D eigenvalue weighted by molar-refractivity contribution is 5.87. The number of carbonyl (C=O) groups is 1. The maximum Gasteiger partial charge on any atom is 0.243 e. The zero-order valence-electron chi connectivity index (χ0n) is 7.00. The number of hydrogen-bond donors (Lipinski definition) is 2. The largest absolute Gasteiger partial charge is 0.393 e. The van der Waals surface area contributed by atoms with Crippen molar-refractivity contribution in [3.8, 4) is 0 Å². The molecule has 0 aromatic heterocycles. The number of aliphatic hydroxyl groups excluding tert-OH is 1. The molecule has 3 nitrogen and oxygen atoms in total. The highest BCUT2D eigenvalue weighted by Crippen LogP contribution is 1.85. The van der Waals surface area contributed by atoms with E-state index in [0.717, 1.165) is 0 Å². The third-order valence-corrected chi connectivity index (χ3v) is 1.18. The van der Waals surface area contributed by atoms with E-state index >= 15 is 0 Å². The molecular weight excluding hydrogens is 142 g/mol. The van der Waals surface area contributed by atoms with Gasteiger partial charge in [-0.15, -0.1) is 0 Å². The van der Waals surface area contributed by atoms with Crippen LogP contribution in [-0.4, -0.2) is 23.7 Å². The van der Waals surface area contributed by atoms with Crippen LogP contribution in [0.15, 0.2) is 12.2 Å². The van der Waals surface area contributed by atoms with Gasteiger partial charge >= 0.3 is 0 Å². The molecule has 3 heteroatoms. The molecule has 0 aliphatic heterocycles. The highest BCUT2D eigenvalue weighted by atomic mass is 16.3. The van der Waals surface area contributed by atoms with E-state index in [4.69, 9.17) is 5.11 Å². The van der Waals surface area contributed by atoms with Crippen molar-refractivity contribution in [1.82, 2.24) is 5.32 Å². The van der Waals surface area contributed by atoms with E-state index in [9.17, 15) is 4.79 Å². The smallest absolute Gasteiger partial charge is 0.243 e. The minimum atomic E-state index is -0.346. The fourth-order valence-electron chi connectivity index (χ4n) is 0.615. The summed E-state index contributed by atoms with van der Waals surface area (Å²) in [4.78, 5) is 10.7. The van der Waals surface area contributed by atoms with Crippen molar-refractivity contribution in [2.24, 2.45) is 0 Å². The lowest BCUT2D eigenvalue weighted by molar-refractivity contribution is -0.116. The number of hydrogen-bond acceptors (Lipinski definition) is 2. The number of allylic oxidation sites excluding steroid dienone is 1. The van der Waals surface area contributed by atoms with Gasteiger partial charge in [-0.3, -0.25) is 4.79 Å².